The highest BCUT2D eigenvalue weighted by molar-refractivity contribution is 7.99. The van der Waals surface area contributed by atoms with Gasteiger partial charge in [0.2, 0.25) is 5.16 Å². The van der Waals surface area contributed by atoms with Crippen LogP contribution in [-0.2, 0) is 27.5 Å². The molecular formula is C26H31N5O5S. The van der Waals surface area contributed by atoms with Crippen LogP contribution in [0, 0.1) is 0 Å². The van der Waals surface area contributed by atoms with Crippen molar-refractivity contribution in [2.24, 2.45) is 0 Å². The van der Waals surface area contributed by atoms with Crippen molar-refractivity contribution < 1.29 is 24.2 Å². The predicted octanol–water partition coefficient (Wildman–Crippen LogP) is 4.41. The summed E-state index contributed by atoms with van der Waals surface area (Å²) in [6.07, 6.45) is -1.49. The van der Waals surface area contributed by atoms with Gasteiger partial charge in [0, 0.05) is 4.90 Å². The highest BCUT2D eigenvalue weighted by atomic mass is 32.2. The molecule has 0 bridgehead atoms. The average molecular weight is 526 g/mol. The second-order valence-corrected chi connectivity index (χ2v) is 10.1. The maximum absolute atomic E-state index is 13.1. The van der Waals surface area contributed by atoms with Crippen LogP contribution in [0.25, 0.3) is 0 Å². The van der Waals surface area contributed by atoms with Crippen LogP contribution in [0.3, 0.4) is 0 Å². The maximum atomic E-state index is 13.1. The van der Waals surface area contributed by atoms with Gasteiger partial charge in [0.15, 0.2) is 5.78 Å². The molecule has 0 saturated heterocycles. The fourth-order valence-corrected chi connectivity index (χ4v) is 4.96. The number of Topliss-reactive ketones (excluding diaryl/α,β-unsaturated/α-hetero) is 1. The van der Waals surface area contributed by atoms with Crippen molar-refractivity contribution in [1.29, 1.82) is 0 Å². The summed E-state index contributed by atoms with van der Waals surface area (Å²) in [4.78, 5) is 37.8. The molecule has 2 aromatic carbocycles. The molecule has 0 fully saturated rings. The number of aliphatic carboxylic acids is 1. The average Bonchev–Trinajstić information content (AvgIpc) is 3.28. The Morgan fingerprint density at radius 3 is 2.24 bits per heavy atom. The van der Waals surface area contributed by atoms with Crippen LogP contribution in [0.5, 0.6) is 0 Å². The highest BCUT2D eigenvalue weighted by Gasteiger charge is 2.26. The molecule has 1 amide bonds. The quantitative estimate of drug-likeness (QED) is 0.352. The van der Waals surface area contributed by atoms with E-state index in [0.717, 1.165) is 21.6 Å². The summed E-state index contributed by atoms with van der Waals surface area (Å²) in [5, 5.41) is 23.8. The number of hydrogen-bond acceptors (Lipinski definition) is 8. The zero-order chi connectivity index (χ0) is 26.9. The third kappa shape index (κ3) is 7.88. The van der Waals surface area contributed by atoms with E-state index >= 15 is 0 Å². The first-order chi connectivity index (χ1) is 17.7. The summed E-state index contributed by atoms with van der Waals surface area (Å²) < 4.78 is 6.47. The standard InChI is InChI=1S/C26H31N5O5S/c1-16(2)19-11-8-12-20(17(3)4)24(19)37-25-28-29-30-31(25)14-22(32)21(13-23(33)34)27-26(35)36-15-18-9-6-5-7-10-18/h5-12,16-17,21H,13-15H2,1-4H3,(H,27,35)(H,33,34). The van der Waals surface area contributed by atoms with Crippen LogP contribution in [0.15, 0.2) is 58.6 Å². The number of carbonyl (C=O) groups is 3. The molecule has 1 unspecified atom stereocenters. The smallest absolute Gasteiger partial charge is 0.408 e. The number of nitrogens with zero attached hydrogens (tertiary/aromatic N) is 4. The van der Waals surface area contributed by atoms with Crippen LogP contribution in [0.2, 0.25) is 0 Å². The Hall–Kier alpha value is -3.73. The van der Waals surface area contributed by atoms with Gasteiger partial charge >= 0.3 is 12.1 Å². The number of carboxylic acids is 1. The first-order valence-corrected chi connectivity index (χ1v) is 12.8. The normalized spacial score (nSPS) is 11.9. The number of nitrogens with one attached hydrogen (secondary N) is 1. The first-order valence-electron chi connectivity index (χ1n) is 11.9. The van der Waals surface area contributed by atoms with Gasteiger partial charge in [0.1, 0.15) is 19.2 Å². The van der Waals surface area contributed by atoms with Gasteiger partial charge in [-0.2, -0.15) is 0 Å². The molecule has 10 nitrogen and oxygen atoms in total. The number of amides is 1. The van der Waals surface area contributed by atoms with E-state index in [2.05, 4.69) is 60.7 Å². The zero-order valence-electron chi connectivity index (χ0n) is 21.2. The van der Waals surface area contributed by atoms with Crippen molar-refractivity contribution in [3.63, 3.8) is 0 Å². The molecule has 0 saturated carbocycles. The molecule has 1 aromatic heterocycles. The summed E-state index contributed by atoms with van der Waals surface area (Å²) >= 11 is 1.36. The van der Waals surface area contributed by atoms with Gasteiger partial charge in [-0.15, -0.1) is 5.10 Å². The summed E-state index contributed by atoms with van der Waals surface area (Å²) in [6, 6.07) is 13.9. The third-order valence-electron chi connectivity index (χ3n) is 5.59. The number of carboxylic acid groups (broad SMARTS) is 1. The Labute approximate surface area is 219 Å². The number of benzene rings is 2. The number of aromatic nitrogens is 4. The van der Waals surface area contributed by atoms with Gasteiger partial charge in [0.05, 0.1) is 6.42 Å². The van der Waals surface area contributed by atoms with Crippen molar-refractivity contribution >= 4 is 29.6 Å². The maximum Gasteiger partial charge on any atom is 0.408 e. The van der Waals surface area contributed by atoms with Crippen molar-refractivity contribution in [1.82, 2.24) is 25.5 Å². The Balaban J connectivity index is 1.74. The van der Waals surface area contributed by atoms with Crippen LogP contribution < -0.4 is 5.32 Å². The number of ketones is 1. The second kappa shape index (κ2) is 13.0. The van der Waals surface area contributed by atoms with Gasteiger partial charge in [0.25, 0.3) is 0 Å². The lowest BCUT2D eigenvalue weighted by Crippen LogP contribution is -2.44. The number of tetrazole rings is 1. The number of ether oxygens (including phenoxy) is 1. The van der Waals surface area contributed by atoms with E-state index < -0.39 is 30.3 Å². The second-order valence-electron chi connectivity index (χ2n) is 9.12. The van der Waals surface area contributed by atoms with Crippen molar-refractivity contribution in [2.75, 3.05) is 0 Å². The number of hydrogen-bond donors (Lipinski definition) is 2. The van der Waals surface area contributed by atoms with Gasteiger partial charge < -0.3 is 15.2 Å². The van der Waals surface area contributed by atoms with Gasteiger partial charge in [-0.3, -0.25) is 9.59 Å². The fraction of sp³-hybridized carbons (Fsp3) is 0.385. The lowest BCUT2D eigenvalue weighted by Gasteiger charge is -2.19. The van der Waals surface area contributed by atoms with Crippen molar-refractivity contribution in [3.8, 4) is 0 Å². The van der Waals surface area contributed by atoms with E-state index in [4.69, 9.17) is 4.74 Å². The molecule has 0 spiro atoms. The molecule has 0 aliphatic carbocycles. The lowest BCUT2D eigenvalue weighted by molar-refractivity contribution is -0.139. The Morgan fingerprint density at radius 2 is 1.65 bits per heavy atom. The summed E-state index contributed by atoms with van der Waals surface area (Å²) in [5.74, 6) is -1.27. The lowest BCUT2D eigenvalue weighted by atomic mass is 9.95. The van der Waals surface area contributed by atoms with Gasteiger partial charge in [-0.25, -0.2) is 9.48 Å². The zero-order valence-corrected chi connectivity index (χ0v) is 22.1. The number of carbonyl (C=O) groups excluding carboxylic acids is 2. The van der Waals surface area contributed by atoms with Gasteiger partial charge in [-0.05, 0) is 50.7 Å². The first kappa shape index (κ1) is 27.9. The number of alkyl carbamates (subject to hydrolysis) is 1. The minimum absolute atomic E-state index is 0.0120. The van der Waals surface area contributed by atoms with Crippen molar-refractivity contribution in [2.45, 2.75) is 75.2 Å². The summed E-state index contributed by atoms with van der Waals surface area (Å²) in [7, 11) is 0. The van der Waals surface area contributed by atoms with E-state index in [0.29, 0.717) is 5.16 Å². The molecule has 1 heterocycles. The molecule has 1 atom stereocenters. The van der Waals surface area contributed by atoms with Crippen molar-refractivity contribution in [3.05, 3.63) is 65.2 Å². The molecule has 3 rings (SSSR count). The number of rotatable bonds is 12. The van der Waals surface area contributed by atoms with Crippen LogP contribution >= 0.6 is 11.8 Å². The largest absolute Gasteiger partial charge is 0.481 e. The predicted molar refractivity (Wildman–Crippen MR) is 137 cm³/mol. The molecule has 3 aromatic rings. The van der Waals surface area contributed by atoms with Crippen LogP contribution in [-0.4, -0.2) is 49.2 Å². The summed E-state index contributed by atoms with van der Waals surface area (Å²) in [6.45, 7) is 8.10. The van der Waals surface area contributed by atoms with E-state index in [-0.39, 0.29) is 25.0 Å². The van der Waals surface area contributed by atoms with Gasteiger partial charge in [-0.1, -0.05) is 76.2 Å². The molecule has 0 radical (unpaired) electrons. The minimum Gasteiger partial charge on any atom is -0.481 e. The van der Waals surface area contributed by atoms with E-state index in [9.17, 15) is 19.5 Å². The minimum atomic E-state index is -1.31. The topological polar surface area (TPSA) is 136 Å². The fourth-order valence-electron chi connectivity index (χ4n) is 3.65. The highest BCUT2D eigenvalue weighted by Crippen LogP contribution is 2.38. The van der Waals surface area contributed by atoms with E-state index in [1.54, 1.807) is 24.3 Å². The van der Waals surface area contributed by atoms with E-state index in [1.807, 2.05) is 12.1 Å². The van der Waals surface area contributed by atoms with E-state index in [1.165, 1.54) is 16.4 Å². The monoisotopic (exact) mass is 525 g/mol. The molecule has 2 N–H and O–H groups in total. The molecule has 196 valence electrons. The molecule has 0 aliphatic rings. The molecule has 37 heavy (non-hydrogen) atoms. The third-order valence-corrected chi connectivity index (χ3v) is 6.74. The SMILES string of the molecule is CC(C)c1cccc(C(C)C)c1Sc1nnnn1CC(=O)C(CC(=O)O)NC(=O)OCc1ccccc1. The van der Waals surface area contributed by atoms with Crippen LogP contribution in [0.4, 0.5) is 4.79 Å². The Bertz CT molecular complexity index is 1200. The van der Waals surface area contributed by atoms with Crippen LogP contribution in [0.1, 0.15) is 62.6 Å². The summed E-state index contributed by atoms with van der Waals surface area (Å²) in [5.41, 5.74) is 3.05. The molecule has 11 heteroatoms. The molecule has 0 aliphatic heterocycles. The Morgan fingerprint density at radius 1 is 1.00 bits per heavy atom. The molecular weight excluding hydrogens is 494 g/mol. The Kier molecular flexibility index (Phi) is 9.78.